The maximum atomic E-state index is 12.4. The molecule has 0 spiro atoms. The van der Waals surface area contributed by atoms with Crippen LogP contribution >= 0.6 is 0 Å². The van der Waals surface area contributed by atoms with Crippen molar-refractivity contribution in [2.75, 3.05) is 37.6 Å². The Morgan fingerprint density at radius 3 is 2.62 bits per heavy atom. The SMILES string of the molecule is Cc1cccc(N2CCC(N3CCNC(C(=O)NC4CC4)C3)CC2)c1C. The number of piperidine rings is 1. The molecule has 1 amide bonds. The molecule has 1 unspecified atom stereocenters. The Morgan fingerprint density at radius 2 is 1.88 bits per heavy atom. The normalized spacial score (nSPS) is 25.3. The number of amides is 1. The third kappa shape index (κ3) is 3.89. The van der Waals surface area contributed by atoms with Crippen molar-refractivity contribution in [3.63, 3.8) is 0 Å². The largest absolute Gasteiger partial charge is 0.371 e. The summed E-state index contributed by atoms with van der Waals surface area (Å²) in [7, 11) is 0. The molecule has 4 rings (SSSR count). The van der Waals surface area contributed by atoms with Gasteiger partial charge < -0.3 is 15.5 Å². The second-order valence-electron chi connectivity index (χ2n) is 8.22. The maximum absolute atomic E-state index is 12.4. The fourth-order valence-electron chi connectivity index (χ4n) is 4.36. The number of benzene rings is 1. The first-order chi connectivity index (χ1) is 12.6. The van der Waals surface area contributed by atoms with Gasteiger partial charge in [0.25, 0.3) is 0 Å². The molecule has 0 radical (unpaired) electrons. The van der Waals surface area contributed by atoms with Crippen molar-refractivity contribution in [1.82, 2.24) is 15.5 Å². The summed E-state index contributed by atoms with van der Waals surface area (Å²) in [6, 6.07) is 7.63. The van der Waals surface area contributed by atoms with Crippen molar-refractivity contribution in [3.8, 4) is 0 Å². The van der Waals surface area contributed by atoms with E-state index in [-0.39, 0.29) is 11.9 Å². The van der Waals surface area contributed by atoms with Gasteiger partial charge in [-0.15, -0.1) is 0 Å². The Morgan fingerprint density at radius 1 is 1.12 bits per heavy atom. The molecule has 2 N–H and O–H groups in total. The van der Waals surface area contributed by atoms with E-state index < -0.39 is 0 Å². The van der Waals surface area contributed by atoms with Crippen LogP contribution in [0.15, 0.2) is 18.2 Å². The molecule has 1 saturated carbocycles. The summed E-state index contributed by atoms with van der Waals surface area (Å²) in [5, 5.41) is 6.56. The zero-order valence-electron chi connectivity index (χ0n) is 16.1. The van der Waals surface area contributed by atoms with Gasteiger partial charge in [0.15, 0.2) is 0 Å². The molecule has 0 aromatic heterocycles. The zero-order chi connectivity index (χ0) is 18.1. The lowest BCUT2D eigenvalue weighted by atomic mass is 9.99. The first kappa shape index (κ1) is 17.8. The molecule has 3 aliphatic rings. The molecule has 1 aromatic rings. The van der Waals surface area contributed by atoms with Gasteiger partial charge in [-0.3, -0.25) is 9.69 Å². The summed E-state index contributed by atoms with van der Waals surface area (Å²) in [5.74, 6) is 0.199. The van der Waals surface area contributed by atoms with Crippen LogP contribution in [-0.4, -0.2) is 61.7 Å². The summed E-state index contributed by atoms with van der Waals surface area (Å²) >= 11 is 0. The van der Waals surface area contributed by atoms with Crippen LogP contribution in [0.1, 0.15) is 36.8 Å². The molecule has 2 heterocycles. The Balaban J connectivity index is 1.32. The number of anilines is 1. The van der Waals surface area contributed by atoms with E-state index >= 15 is 0 Å². The molecule has 2 saturated heterocycles. The van der Waals surface area contributed by atoms with Gasteiger partial charge in [-0.2, -0.15) is 0 Å². The van der Waals surface area contributed by atoms with E-state index in [2.05, 4.69) is 52.5 Å². The van der Waals surface area contributed by atoms with Crippen LogP contribution in [0.3, 0.4) is 0 Å². The number of aryl methyl sites for hydroxylation is 1. The van der Waals surface area contributed by atoms with E-state index in [9.17, 15) is 4.79 Å². The number of rotatable bonds is 4. The fourth-order valence-corrected chi connectivity index (χ4v) is 4.36. The van der Waals surface area contributed by atoms with Crippen LogP contribution < -0.4 is 15.5 Å². The van der Waals surface area contributed by atoms with Crippen molar-refractivity contribution >= 4 is 11.6 Å². The van der Waals surface area contributed by atoms with Crippen molar-refractivity contribution in [2.24, 2.45) is 0 Å². The molecule has 3 fully saturated rings. The number of piperazine rings is 1. The van der Waals surface area contributed by atoms with Gasteiger partial charge >= 0.3 is 0 Å². The molecule has 0 bridgehead atoms. The second kappa shape index (κ2) is 7.57. The second-order valence-corrected chi connectivity index (χ2v) is 8.22. The summed E-state index contributed by atoms with van der Waals surface area (Å²) in [6.07, 6.45) is 4.67. The van der Waals surface area contributed by atoms with Crippen molar-refractivity contribution < 1.29 is 4.79 Å². The number of carbonyl (C=O) groups is 1. The highest BCUT2D eigenvalue weighted by molar-refractivity contribution is 5.82. The smallest absolute Gasteiger partial charge is 0.238 e. The molecule has 26 heavy (non-hydrogen) atoms. The number of hydrogen-bond donors (Lipinski definition) is 2. The topological polar surface area (TPSA) is 47.6 Å². The Kier molecular flexibility index (Phi) is 5.18. The lowest BCUT2D eigenvalue weighted by Crippen LogP contribution is -2.60. The van der Waals surface area contributed by atoms with Gasteiger partial charge in [0.05, 0.1) is 6.04 Å². The highest BCUT2D eigenvalue weighted by atomic mass is 16.2. The first-order valence-electron chi connectivity index (χ1n) is 10.2. The number of nitrogens with zero attached hydrogens (tertiary/aromatic N) is 2. The van der Waals surface area contributed by atoms with E-state index in [1.807, 2.05) is 0 Å². The lowest BCUT2D eigenvalue weighted by molar-refractivity contribution is -0.124. The average Bonchev–Trinajstić information content (AvgIpc) is 3.48. The number of carbonyl (C=O) groups excluding carboxylic acids is 1. The third-order valence-corrected chi connectivity index (χ3v) is 6.34. The Bertz CT molecular complexity index is 649. The summed E-state index contributed by atoms with van der Waals surface area (Å²) in [4.78, 5) is 17.5. The molecule has 1 atom stereocenters. The van der Waals surface area contributed by atoms with E-state index in [1.165, 1.54) is 29.7 Å². The Labute approximate surface area is 157 Å². The molecule has 142 valence electrons. The molecule has 5 nitrogen and oxygen atoms in total. The van der Waals surface area contributed by atoms with E-state index in [0.717, 1.165) is 45.6 Å². The fraction of sp³-hybridized carbons (Fsp3) is 0.667. The van der Waals surface area contributed by atoms with Gasteiger partial charge in [0.1, 0.15) is 0 Å². The van der Waals surface area contributed by atoms with Crippen LogP contribution in [0.2, 0.25) is 0 Å². The highest BCUT2D eigenvalue weighted by Crippen LogP contribution is 2.27. The number of hydrogen-bond acceptors (Lipinski definition) is 4. The molecule has 1 aliphatic carbocycles. The monoisotopic (exact) mass is 356 g/mol. The summed E-state index contributed by atoms with van der Waals surface area (Å²) < 4.78 is 0. The molecule has 1 aromatic carbocycles. The first-order valence-corrected chi connectivity index (χ1v) is 10.2. The highest BCUT2D eigenvalue weighted by Gasteiger charge is 2.33. The van der Waals surface area contributed by atoms with Crippen LogP contribution in [0.5, 0.6) is 0 Å². The Hall–Kier alpha value is -1.59. The van der Waals surface area contributed by atoms with E-state index in [0.29, 0.717) is 12.1 Å². The summed E-state index contributed by atoms with van der Waals surface area (Å²) in [5.41, 5.74) is 4.17. The number of nitrogens with one attached hydrogen (secondary N) is 2. The molecule has 5 heteroatoms. The van der Waals surface area contributed by atoms with Crippen LogP contribution in [-0.2, 0) is 4.79 Å². The van der Waals surface area contributed by atoms with Crippen molar-refractivity contribution in [1.29, 1.82) is 0 Å². The van der Waals surface area contributed by atoms with Gasteiger partial charge in [0.2, 0.25) is 5.91 Å². The quantitative estimate of drug-likeness (QED) is 0.864. The predicted molar refractivity (Wildman–Crippen MR) is 106 cm³/mol. The maximum Gasteiger partial charge on any atom is 0.238 e. The van der Waals surface area contributed by atoms with E-state index in [4.69, 9.17) is 0 Å². The van der Waals surface area contributed by atoms with Gasteiger partial charge in [-0.1, -0.05) is 12.1 Å². The van der Waals surface area contributed by atoms with Crippen LogP contribution in [0.4, 0.5) is 5.69 Å². The zero-order valence-corrected chi connectivity index (χ0v) is 16.1. The van der Waals surface area contributed by atoms with E-state index in [1.54, 1.807) is 0 Å². The molecule has 2 aliphatic heterocycles. The minimum absolute atomic E-state index is 0.0404. The van der Waals surface area contributed by atoms with Crippen molar-refractivity contribution in [3.05, 3.63) is 29.3 Å². The van der Waals surface area contributed by atoms with Crippen LogP contribution in [0, 0.1) is 13.8 Å². The summed E-state index contributed by atoms with van der Waals surface area (Å²) in [6.45, 7) is 9.47. The lowest BCUT2D eigenvalue weighted by Gasteiger charge is -2.43. The average molecular weight is 357 g/mol. The standard InChI is InChI=1S/C21H32N4O/c1-15-4-3-5-20(16(15)2)24-11-8-18(9-12-24)25-13-10-22-19(14-25)21(26)23-17-6-7-17/h3-5,17-19,22H,6-14H2,1-2H3,(H,23,26). The van der Waals surface area contributed by atoms with Gasteiger partial charge in [-0.25, -0.2) is 0 Å². The third-order valence-electron chi connectivity index (χ3n) is 6.34. The molecular weight excluding hydrogens is 324 g/mol. The van der Waals surface area contributed by atoms with Gasteiger partial charge in [0, 0.05) is 50.5 Å². The minimum Gasteiger partial charge on any atom is -0.371 e. The molecular formula is C21H32N4O. The minimum atomic E-state index is -0.0404. The van der Waals surface area contributed by atoms with Crippen LogP contribution in [0.25, 0.3) is 0 Å². The predicted octanol–water partition coefficient (Wildman–Crippen LogP) is 1.82. The van der Waals surface area contributed by atoms with Crippen molar-refractivity contribution in [2.45, 2.75) is 57.7 Å². The van der Waals surface area contributed by atoms with Gasteiger partial charge in [-0.05, 0) is 56.7 Å².